The Morgan fingerprint density at radius 1 is 1.22 bits per heavy atom. The predicted molar refractivity (Wildman–Crippen MR) is 87.6 cm³/mol. The lowest BCUT2D eigenvalue weighted by atomic mass is 9.98. The molecule has 1 aromatic heterocycles. The molecule has 5 atom stereocenters. The molecule has 2 aromatic rings. The van der Waals surface area contributed by atoms with Crippen molar-refractivity contribution in [1.82, 2.24) is 15.0 Å². The van der Waals surface area contributed by atoms with Crippen molar-refractivity contribution in [3.63, 3.8) is 0 Å². The maximum absolute atomic E-state index is 10.6. The summed E-state index contributed by atoms with van der Waals surface area (Å²) in [7, 11) is 0. The summed E-state index contributed by atoms with van der Waals surface area (Å²) in [5.41, 5.74) is 0.960. The van der Waals surface area contributed by atoms with E-state index in [1.807, 2.05) is 0 Å². The number of aliphatic hydroxyl groups excluding tert-OH is 4. The fourth-order valence-corrected chi connectivity index (χ4v) is 2.72. The van der Waals surface area contributed by atoms with Gasteiger partial charge in [0.1, 0.15) is 35.9 Å². The van der Waals surface area contributed by atoms with Crippen molar-refractivity contribution >= 4 is 5.97 Å². The Hall–Kier alpha value is -2.57. The largest absolute Gasteiger partial charge is 0.482 e. The van der Waals surface area contributed by atoms with E-state index in [1.54, 1.807) is 24.3 Å². The molecule has 0 unspecified atom stereocenters. The normalized spacial score (nSPS) is 28.1. The van der Waals surface area contributed by atoms with Crippen LogP contribution in [0.2, 0.25) is 0 Å². The number of nitrogens with zero attached hydrogens (tertiary/aromatic N) is 3. The molecule has 27 heavy (non-hydrogen) atoms. The maximum atomic E-state index is 10.6. The summed E-state index contributed by atoms with van der Waals surface area (Å²) in [4.78, 5) is 10.6. The minimum absolute atomic E-state index is 0.331. The molecule has 1 aromatic carbocycles. The average Bonchev–Trinajstić information content (AvgIpc) is 3.15. The second-order valence-corrected chi connectivity index (χ2v) is 6.01. The fraction of sp³-hybridized carbons (Fsp3) is 0.438. The van der Waals surface area contributed by atoms with E-state index in [9.17, 15) is 25.2 Å². The van der Waals surface area contributed by atoms with Gasteiger partial charge in [-0.1, -0.05) is 17.3 Å². The molecule has 0 saturated carbocycles. The second kappa shape index (κ2) is 7.98. The van der Waals surface area contributed by atoms with Crippen LogP contribution in [0.5, 0.6) is 5.75 Å². The summed E-state index contributed by atoms with van der Waals surface area (Å²) < 4.78 is 11.7. The molecule has 3 rings (SSSR count). The molecule has 1 saturated heterocycles. The van der Waals surface area contributed by atoms with Gasteiger partial charge in [-0.15, -0.1) is 5.10 Å². The van der Waals surface area contributed by atoms with Crippen LogP contribution in [-0.4, -0.2) is 84.1 Å². The molecule has 146 valence electrons. The molecule has 2 heterocycles. The van der Waals surface area contributed by atoms with Gasteiger partial charge >= 0.3 is 5.97 Å². The summed E-state index contributed by atoms with van der Waals surface area (Å²) in [5.74, 6) is -0.772. The van der Waals surface area contributed by atoms with Gasteiger partial charge in [0, 0.05) is 5.56 Å². The molecule has 11 heteroatoms. The van der Waals surface area contributed by atoms with Crippen molar-refractivity contribution < 1.29 is 39.8 Å². The van der Waals surface area contributed by atoms with Gasteiger partial charge in [-0.25, -0.2) is 9.48 Å². The SMILES string of the molecule is O=C(O)COc1cccc(-c2cn([C@H]3O[C@H](CO)[C@@H](O)[C@H](O)[C@@H]3O)nn2)c1. The zero-order chi connectivity index (χ0) is 19.6. The molecule has 5 N–H and O–H groups in total. The third-order valence-electron chi connectivity index (χ3n) is 4.13. The average molecular weight is 381 g/mol. The van der Waals surface area contributed by atoms with Crippen molar-refractivity contribution in [2.24, 2.45) is 0 Å². The standard InChI is InChI=1S/C16H19N3O8/c20-6-11-13(23)14(24)15(25)16(27-11)19-5-10(17-18-19)8-2-1-3-9(4-8)26-7-12(21)22/h1-5,11,13-16,20,23-25H,6-7H2,(H,21,22)/t11-,13-,14+,15+,16+/m1/s1. The van der Waals surface area contributed by atoms with Crippen LogP contribution in [-0.2, 0) is 9.53 Å². The number of aliphatic hydroxyl groups is 4. The second-order valence-electron chi connectivity index (χ2n) is 6.01. The van der Waals surface area contributed by atoms with Crippen LogP contribution in [0.1, 0.15) is 6.23 Å². The van der Waals surface area contributed by atoms with E-state index in [0.29, 0.717) is 17.0 Å². The van der Waals surface area contributed by atoms with Crippen molar-refractivity contribution in [3.05, 3.63) is 30.5 Å². The van der Waals surface area contributed by atoms with E-state index in [0.717, 1.165) is 0 Å². The molecule has 0 bridgehead atoms. The van der Waals surface area contributed by atoms with Gasteiger partial charge in [0.25, 0.3) is 0 Å². The summed E-state index contributed by atoms with van der Waals surface area (Å²) in [5, 5.41) is 55.6. The number of aromatic nitrogens is 3. The van der Waals surface area contributed by atoms with Crippen molar-refractivity contribution in [2.75, 3.05) is 13.2 Å². The molecular weight excluding hydrogens is 362 g/mol. The molecule has 11 nitrogen and oxygen atoms in total. The molecule has 0 amide bonds. The monoisotopic (exact) mass is 381 g/mol. The Labute approximate surface area is 153 Å². The lowest BCUT2D eigenvalue weighted by Crippen LogP contribution is -2.56. The van der Waals surface area contributed by atoms with Crippen LogP contribution in [0, 0.1) is 0 Å². The number of hydrogen-bond donors (Lipinski definition) is 5. The number of carboxylic acid groups (broad SMARTS) is 1. The van der Waals surface area contributed by atoms with E-state index in [-0.39, 0.29) is 0 Å². The van der Waals surface area contributed by atoms with Gasteiger partial charge in [0.05, 0.1) is 12.8 Å². The minimum atomic E-state index is -1.53. The summed E-state index contributed by atoms with van der Waals surface area (Å²) in [6.45, 7) is -1.03. The Morgan fingerprint density at radius 2 is 2.00 bits per heavy atom. The number of ether oxygens (including phenoxy) is 2. The van der Waals surface area contributed by atoms with E-state index < -0.39 is 49.8 Å². The van der Waals surface area contributed by atoms with Crippen molar-refractivity contribution in [3.8, 4) is 17.0 Å². The van der Waals surface area contributed by atoms with Crippen LogP contribution >= 0.6 is 0 Å². The highest BCUT2D eigenvalue weighted by atomic mass is 16.6. The van der Waals surface area contributed by atoms with E-state index in [2.05, 4.69) is 10.3 Å². The van der Waals surface area contributed by atoms with Crippen LogP contribution < -0.4 is 4.74 Å². The van der Waals surface area contributed by atoms with Gasteiger partial charge in [-0.3, -0.25) is 0 Å². The molecular formula is C16H19N3O8. The summed E-state index contributed by atoms with van der Waals surface area (Å²) in [6.07, 6.45) is -5.25. The first-order valence-corrected chi connectivity index (χ1v) is 8.08. The van der Waals surface area contributed by atoms with Gasteiger partial charge < -0.3 is 35.0 Å². The number of carbonyl (C=O) groups is 1. The van der Waals surface area contributed by atoms with Crippen molar-refractivity contribution in [2.45, 2.75) is 30.6 Å². The zero-order valence-electron chi connectivity index (χ0n) is 14.0. The van der Waals surface area contributed by atoms with E-state index in [1.165, 1.54) is 10.9 Å². The number of carboxylic acids is 1. The topological polar surface area (TPSA) is 167 Å². The van der Waals surface area contributed by atoms with Crippen LogP contribution in [0.25, 0.3) is 11.3 Å². The minimum Gasteiger partial charge on any atom is -0.482 e. The third kappa shape index (κ3) is 4.07. The highest BCUT2D eigenvalue weighted by molar-refractivity contribution is 5.68. The predicted octanol–water partition coefficient (Wildman–Crippen LogP) is -1.62. The lowest BCUT2D eigenvalue weighted by molar-refractivity contribution is -0.254. The highest BCUT2D eigenvalue weighted by Crippen LogP contribution is 2.29. The number of benzene rings is 1. The molecule has 0 spiro atoms. The summed E-state index contributed by atoms with van der Waals surface area (Å²) >= 11 is 0. The first kappa shape index (κ1) is 19.2. The Kier molecular flexibility index (Phi) is 5.68. The fourth-order valence-electron chi connectivity index (χ4n) is 2.72. The summed E-state index contributed by atoms with van der Waals surface area (Å²) in [6, 6.07) is 6.52. The lowest BCUT2D eigenvalue weighted by Gasteiger charge is -2.39. The molecule has 1 aliphatic rings. The van der Waals surface area contributed by atoms with Gasteiger partial charge in [-0.2, -0.15) is 0 Å². The third-order valence-corrected chi connectivity index (χ3v) is 4.13. The first-order valence-electron chi connectivity index (χ1n) is 8.08. The van der Waals surface area contributed by atoms with E-state index >= 15 is 0 Å². The van der Waals surface area contributed by atoms with Crippen molar-refractivity contribution in [1.29, 1.82) is 0 Å². The highest BCUT2D eigenvalue weighted by Gasteiger charge is 2.44. The van der Waals surface area contributed by atoms with Crippen LogP contribution in [0.15, 0.2) is 30.5 Å². The van der Waals surface area contributed by atoms with E-state index in [4.69, 9.17) is 14.6 Å². The van der Waals surface area contributed by atoms with Crippen LogP contribution in [0.3, 0.4) is 0 Å². The Bertz CT molecular complexity index is 795. The Morgan fingerprint density at radius 3 is 2.70 bits per heavy atom. The smallest absolute Gasteiger partial charge is 0.341 e. The quantitative estimate of drug-likeness (QED) is 0.392. The molecule has 1 aliphatic heterocycles. The number of aliphatic carboxylic acids is 1. The molecule has 0 aliphatic carbocycles. The van der Waals surface area contributed by atoms with Gasteiger partial charge in [0.2, 0.25) is 0 Å². The Balaban J connectivity index is 1.80. The molecule has 0 radical (unpaired) electrons. The molecule has 1 fully saturated rings. The van der Waals surface area contributed by atoms with Gasteiger partial charge in [-0.05, 0) is 12.1 Å². The number of hydrogen-bond acceptors (Lipinski definition) is 9. The zero-order valence-corrected chi connectivity index (χ0v) is 14.0. The van der Waals surface area contributed by atoms with Gasteiger partial charge in [0.15, 0.2) is 12.8 Å². The maximum Gasteiger partial charge on any atom is 0.341 e. The number of rotatable bonds is 6. The first-order chi connectivity index (χ1) is 12.9. The van der Waals surface area contributed by atoms with Crippen LogP contribution in [0.4, 0.5) is 0 Å².